The zero-order chi connectivity index (χ0) is 13.8. The van der Waals surface area contributed by atoms with Crippen LogP contribution < -0.4 is 5.32 Å². The highest BCUT2D eigenvalue weighted by Crippen LogP contribution is 2.27. The number of fused-ring (bicyclic) bond motifs is 1. The third-order valence-corrected chi connectivity index (χ3v) is 2.65. The first-order chi connectivity index (χ1) is 9.13. The molecule has 1 aromatic heterocycles. The number of carbonyl (C=O) groups excluding carboxylic acids is 1. The normalized spacial score (nSPS) is 10.3. The summed E-state index contributed by atoms with van der Waals surface area (Å²) in [6.07, 6.45) is 1.79. The van der Waals surface area contributed by atoms with Crippen LogP contribution in [0.3, 0.4) is 0 Å². The lowest BCUT2D eigenvalue weighted by Gasteiger charge is -2.00. The third kappa shape index (κ3) is 2.76. The van der Waals surface area contributed by atoms with Crippen molar-refractivity contribution in [3.05, 3.63) is 30.0 Å². The SMILES string of the molecule is CCOC(=O)c1[nH]c2ccccc2c1NC=[N+](C)C. The molecule has 2 N–H and O–H groups in total. The van der Waals surface area contributed by atoms with Crippen molar-refractivity contribution >= 4 is 28.9 Å². The number of rotatable bonds is 4. The van der Waals surface area contributed by atoms with Crippen LogP contribution in [0.5, 0.6) is 0 Å². The smallest absolute Gasteiger partial charge is 0.359 e. The second-order valence-electron chi connectivity index (χ2n) is 4.38. The molecule has 0 radical (unpaired) electrons. The van der Waals surface area contributed by atoms with Gasteiger partial charge < -0.3 is 9.72 Å². The number of benzene rings is 1. The van der Waals surface area contributed by atoms with Gasteiger partial charge >= 0.3 is 5.97 Å². The van der Waals surface area contributed by atoms with Crippen molar-refractivity contribution in [1.82, 2.24) is 4.98 Å². The molecular formula is C14H18N3O2+. The van der Waals surface area contributed by atoms with Crippen molar-refractivity contribution in [2.24, 2.45) is 0 Å². The van der Waals surface area contributed by atoms with E-state index in [2.05, 4.69) is 10.3 Å². The maximum Gasteiger partial charge on any atom is 0.359 e. The van der Waals surface area contributed by atoms with E-state index < -0.39 is 0 Å². The molecule has 5 nitrogen and oxygen atoms in total. The Kier molecular flexibility index (Phi) is 3.85. The summed E-state index contributed by atoms with van der Waals surface area (Å²) in [5.41, 5.74) is 2.09. The Morgan fingerprint density at radius 2 is 2.16 bits per heavy atom. The van der Waals surface area contributed by atoms with Crippen LogP contribution in [0.2, 0.25) is 0 Å². The predicted molar refractivity (Wildman–Crippen MR) is 76.1 cm³/mol. The molecule has 0 aliphatic rings. The minimum atomic E-state index is -0.353. The molecule has 0 saturated carbocycles. The molecule has 0 fully saturated rings. The highest BCUT2D eigenvalue weighted by Gasteiger charge is 2.21. The number of ether oxygens (including phenoxy) is 1. The number of esters is 1. The van der Waals surface area contributed by atoms with Crippen molar-refractivity contribution in [2.45, 2.75) is 6.92 Å². The number of H-pyrrole nitrogens is 1. The number of aromatic amines is 1. The zero-order valence-corrected chi connectivity index (χ0v) is 11.4. The molecule has 0 atom stereocenters. The molecule has 2 rings (SSSR count). The fourth-order valence-electron chi connectivity index (χ4n) is 1.84. The average Bonchev–Trinajstić information content (AvgIpc) is 2.75. The molecule has 0 aliphatic carbocycles. The first kappa shape index (κ1) is 13.1. The lowest BCUT2D eigenvalue weighted by molar-refractivity contribution is -0.459. The van der Waals surface area contributed by atoms with Crippen LogP contribution in [-0.4, -0.2) is 42.6 Å². The monoisotopic (exact) mass is 260 g/mol. The molecule has 0 spiro atoms. The Labute approximate surface area is 111 Å². The predicted octanol–water partition coefficient (Wildman–Crippen LogP) is 2.06. The molecule has 0 aliphatic heterocycles. The van der Waals surface area contributed by atoms with Gasteiger partial charge in [-0.1, -0.05) is 12.1 Å². The molecule has 1 aromatic carbocycles. The molecule has 1 heterocycles. The molecule has 2 aromatic rings. The quantitative estimate of drug-likeness (QED) is 0.383. The first-order valence-corrected chi connectivity index (χ1v) is 6.17. The van der Waals surface area contributed by atoms with Crippen LogP contribution in [0, 0.1) is 0 Å². The van der Waals surface area contributed by atoms with E-state index in [1.807, 2.05) is 42.9 Å². The number of anilines is 1. The van der Waals surface area contributed by atoms with Gasteiger partial charge in [-0.3, -0.25) is 4.58 Å². The fourth-order valence-corrected chi connectivity index (χ4v) is 1.84. The summed E-state index contributed by atoms with van der Waals surface area (Å²) in [4.78, 5) is 15.1. The molecule has 100 valence electrons. The van der Waals surface area contributed by atoms with Gasteiger partial charge in [-0.2, -0.15) is 0 Å². The fraction of sp³-hybridized carbons (Fsp3) is 0.286. The van der Waals surface area contributed by atoms with Gasteiger partial charge in [0.1, 0.15) is 0 Å². The highest BCUT2D eigenvalue weighted by atomic mass is 16.5. The van der Waals surface area contributed by atoms with Gasteiger partial charge in [0.25, 0.3) is 0 Å². The minimum absolute atomic E-state index is 0.352. The summed E-state index contributed by atoms with van der Waals surface area (Å²) in [6, 6.07) is 7.75. The van der Waals surface area contributed by atoms with Crippen molar-refractivity contribution in [1.29, 1.82) is 0 Å². The number of carbonyl (C=O) groups is 1. The average molecular weight is 260 g/mol. The van der Waals surface area contributed by atoms with E-state index >= 15 is 0 Å². The second kappa shape index (κ2) is 5.56. The van der Waals surface area contributed by atoms with Gasteiger partial charge in [0.15, 0.2) is 11.4 Å². The zero-order valence-electron chi connectivity index (χ0n) is 11.4. The van der Waals surface area contributed by atoms with Gasteiger partial charge in [0.2, 0.25) is 6.34 Å². The second-order valence-corrected chi connectivity index (χ2v) is 4.38. The van der Waals surface area contributed by atoms with Crippen molar-refractivity contribution in [2.75, 3.05) is 26.0 Å². The van der Waals surface area contributed by atoms with Gasteiger partial charge in [0.05, 0.1) is 26.2 Å². The van der Waals surface area contributed by atoms with E-state index in [1.54, 1.807) is 13.3 Å². The molecule has 0 unspecified atom stereocenters. The van der Waals surface area contributed by atoms with E-state index in [1.165, 1.54) is 0 Å². The number of hydrogen-bond donors (Lipinski definition) is 2. The van der Waals surface area contributed by atoms with Gasteiger partial charge in [-0.15, -0.1) is 0 Å². The van der Waals surface area contributed by atoms with Crippen LogP contribution in [0.15, 0.2) is 24.3 Å². The highest BCUT2D eigenvalue weighted by molar-refractivity contribution is 6.08. The lowest BCUT2D eigenvalue weighted by atomic mass is 10.2. The number of para-hydroxylation sites is 1. The topological polar surface area (TPSA) is 57.1 Å². The van der Waals surface area contributed by atoms with Crippen molar-refractivity contribution in [3.63, 3.8) is 0 Å². The van der Waals surface area contributed by atoms with Crippen LogP contribution in [0.25, 0.3) is 10.9 Å². The standard InChI is InChI=1S/C14H17N3O2/c1-4-19-14(18)13-12(15-9-17(2)3)10-7-5-6-8-11(10)16-13/h5-9H,4H2,1-3H3,(H,16,18)/p+1. The van der Waals surface area contributed by atoms with Crippen LogP contribution in [-0.2, 0) is 4.74 Å². The molecule has 5 heteroatoms. The van der Waals surface area contributed by atoms with E-state index in [0.717, 1.165) is 16.6 Å². The van der Waals surface area contributed by atoms with Gasteiger partial charge in [0, 0.05) is 5.39 Å². The Morgan fingerprint density at radius 3 is 2.84 bits per heavy atom. The summed E-state index contributed by atoms with van der Waals surface area (Å²) >= 11 is 0. The molecule has 0 bridgehead atoms. The molecule has 0 amide bonds. The van der Waals surface area contributed by atoms with Crippen LogP contribution >= 0.6 is 0 Å². The minimum Gasteiger partial charge on any atom is -0.461 e. The number of hydrogen-bond acceptors (Lipinski definition) is 2. The first-order valence-electron chi connectivity index (χ1n) is 6.17. The van der Waals surface area contributed by atoms with E-state index in [9.17, 15) is 4.79 Å². The molecule has 19 heavy (non-hydrogen) atoms. The summed E-state index contributed by atoms with van der Waals surface area (Å²) in [5.74, 6) is -0.353. The summed E-state index contributed by atoms with van der Waals surface area (Å²) in [5, 5.41) is 4.11. The van der Waals surface area contributed by atoms with Crippen molar-refractivity contribution < 1.29 is 14.1 Å². The van der Waals surface area contributed by atoms with Gasteiger partial charge in [-0.25, -0.2) is 10.1 Å². The maximum atomic E-state index is 12.0. The Balaban J connectivity index is 2.51. The Hall–Kier alpha value is -2.30. The third-order valence-electron chi connectivity index (χ3n) is 2.65. The Morgan fingerprint density at radius 1 is 1.42 bits per heavy atom. The van der Waals surface area contributed by atoms with E-state index in [4.69, 9.17) is 4.74 Å². The van der Waals surface area contributed by atoms with Crippen LogP contribution in [0.1, 0.15) is 17.4 Å². The largest absolute Gasteiger partial charge is 0.461 e. The summed E-state index contributed by atoms with van der Waals surface area (Å²) in [7, 11) is 3.82. The van der Waals surface area contributed by atoms with Crippen molar-refractivity contribution in [3.8, 4) is 0 Å². The lowest BCUT2D eigenvalue weighted by Crippen LogP contribution is -2.12. The van der Waals surface area contributed by atoms with Crippen LogP contribution in [0.4, 0.5) is 5.69 Å². The summed E-state index contributed by atoms with van der Waals surface area (Å²) < 4.78 is 6.94. The number of nitrogens with zero attached hydrogens (tertiary/aromatic N) is 1. The molecule has 0 saturated heterocycles. The molecular weight excluding hydrogens is 242 g/mol. The van der Waals surface area contributed by atoms with Gasteiger partial charge in [-0.05, 0) is 19.1 Å². The number of nitrogens with one attached hydrogen (secondary N) is 2. The summed E-state index contributed by atoms with van der Waals surface area (Å²) in [6.45, 7) is 2.14. The maximum absolute atomic E-state index is 12.0. The Bertz CT molecular complexity index is 625. The van der Waals surface area contributed by atoms with E-state index in [0.29, 0.717) is 12.3 Å². The number of aromatic nitrogens is 1. The van der Waals surface area contributed by atoms with E-state index in [-0.39, 0.29) is 5.97 Å².